The Balaban J connectivity index is 1.40. The van der Waals surface area contributed by atoms with Crippen LogP contribution in [0.4, 0.5) is 36.3 Å². The molecule has 0 spiro atoms. The van der Waals surface area contributed by atoms with Gasteiger partial charge < -0.3 is 20.9 Å². The van der Waals surface area contributed by atoms with Crippen LogP contribution in [0.3, 0.4) is 0 Å². The maximum Gasteiger partial charge on any atom is 0.246 e. The number of carbonyl (C=O) groups excluding carboxylic acids is 1. The van der Waals surface area contributed by atoms with Crippen LogP contribution in [0.25, 0.3) is 0 Å². The first-order valence-corrected chi connectivity index (χ1v) is 9.33. The van der Waals surface area contributed by atoms with E-state index in [4.69, 9.17) is 0 Å². The quantitative estimate of drug-likeness (QED) is 0.678. The van der Waals surface area contributed by atoms with Crippen LogP contribution in [0, 0.1) is 24.4 Å². The topological polar surface area (TPSA) is 82.2 Å². The molecule has 2 aromatic rings. The minimum atomic E-state index is -1.47. The summed E-state index contributed by atoms with van der Waals surface area (Å²) in [6.07, 6.45) is 1.37. The summed E-state index contributed by atoms with van der Waals surface area (Å²) in [5, 5.41) is 9.09. The number of aromatic nitrogens is 2. The summed E-state index contributed by atoms with van der Waals surface area (Å²) in [5.74, 6) is -2.90. The number of rotatable bonds is 4. The fraction of sp³-hybridized carbons (Fsp3) is 0.421. The number of nitrogens with one attached hydrogen (secondary N) is 3. The highest BCUT2D eigenvalue weighted by atomic mass is 19.2. The minimum Gasteiger partial charge on any atom is -0.382 e. The molecule has 1 aliphatic carbocycles. The molecule has 0 radical (unpaired) electrons. The molecular formula is C19H21F3N6O. The maximum atomic E-state index is 13.3. The highest BCUT2D eigenvalue weighted by Crippen LogP contribution is 2.33. The Morgan fingerprint density at radius 1 is 1.10 bits per heavy atom. The van der Waals surface area contributed by atoms with Crippen LogP contribution >= 0.6 is 0 Å². The number of amides is 1. The second-order valence-electron chi connectivity index (χ2n) is 7.52. The van der Waals surface area contributed by atoms with E-state index in [0.29, 0.717) is 36.0 Å². The Bertz CT molecular complexity index is 956. The molecule has 1 fully saturated rings. The predicted molar refractivity (Wildman–Crippen MR) is 104 cm³/mol. The van der Waals surface area contributed by atoms with Crippen molar-refractivity contribution in [3.8, 4) is 0 Å². The summed E-state index contributed by atoms with van der Waals surface area (Å²) in [5.41, 5.74) is 1.47. The molecule has 2 aliphatic rings. The average Bonchev–Trinajstić information content (AvgIpc) is 2.63. The van der Waals surface area contributed by atoms with Crippen LogP contribution in [0.15, 0.2) is 12.1 Å². The summed E-state index contributed by atoms with van der Waals surface area (Å²) >= 11 is 0. The van der Waals surface area contributed by atoms with Gasteiger partial charge in [0.05, 0.1) is 5.69 Å². The van der Waals surface area contributed by atoms with Gasteiger partial charge in [-0.25, -0.2) is 18.2 Å². The Morgan fingerprint density at radius 2 is 1.72 bits per heavy atom. The number of nitrogens with zero attached hydrogens (tertiary/aromatic N) is 3. The monoisotopic (exact) mass is 406 g/mol. The fourth-order valence-corrected chi connectivity index (χ4v) is 3.52. The van der Waals surface area contributed by atoms with E-state index in [2.05, 4.69) is 25.9 Å². The molecule has 1 aliphatic heterocycles. The van der Waals surface area contributed by atoms with Gasteiger partial charge in [-0.2, -0.15) is 4.98 Å². The van der Waals surface area contributed by atoms with Crippen molar-refractivity contribution in [1.29, 1.82) is 0 Å². The lowest BCUT2D eigenvalue weighted by atomic mass is 9.86. The maximum absolute atomic E-state index is 13.3. The average molecular weight is 406 g/mol. The lowest BCUT2D eigenvalue weighted by Gasteiger charge is -2.37. The molecule has 1 aromatic heterocycles. The number of fused-ring (bicyclic) bond motifs is 1. The minimum absolute atomic E-state index is 0.00234. The summed E-state index contributed by atoms with van der Waals surface area (Å²) < 4.78 is 39.7. The molecule has 1 atom stereocenters. The van der Waals surface area contributed by atoms with Crippen LogP contribution in [0.5, 0.6) is 0 Å². The molecule has 29 heavy (non-hydrogen) atoms. The van der Waals surface area contributed by atoms with Gasteiger partial charge in [0, 0.05) is 37.0 Å². The third-order valence-corrected chi connectivity index (χ3v) is 5.44. The Morgan fingerprint density at radius 3 is 2.38 bits per heavy atom. The standard InChI is InChI=1S/C19H21F3N6O/c1-8-16-17(28(3)9(2)18(29)26-16)27-19(23-8)25-11-4-10(5-11)24-12-6-13(20)15(22)14(21)7-12/h6-7,9-11,24H,4-5H2,1-3H3,(H,26,29)(H,23,25,27)/t9-,10-,11-/m0/s1. The number of carbonyl (C=O) groups is 1. The number of hydrogen-bond donors (Lipinski definition) is 3. The summed E-state index contributed by atoms with van der Waals surface area (Å²) in [6, 6.07) is 1.64. The van der Waals surface area contributed by atoms with Gasteiger partial charge in [0.1, 0.15) is 11.7 Å². The largest absolute Gasteiger partial charge is 0.382 e. The number of benzene rings is 1. The zero-order valence-electron chi connectivity index (χ0n) is 16.2. The number of hydrogen-bond acceptors (Lipinski definition) is 6. The van der Waals surface area contributed by atoms with Crippen molar-refractivity contribution < 1.29 is 18.0 Å². The molecule has 1 saturated carbocycles. The smallest absolute Gasteiger partial charge is 0.246 e. The van der Waals surface area contributed by atoms with Crippen molar-refractivity contribution in [2.45, 2.75) is 44.8 Å². The molecule has 3 N–H and O–H groups in total. The predicted octanol–water partition coefficient (Wildman–Crippen LogP) is 3.03. The van der Waals surface area contributed by atoms with Gasteiger partial charge in [-0.15, -0.1) is 0 Å². The number of anilines is 4. The molecular weight excluding hydrogens is 385 g/mol. The lowest BCUT2D eigenvalue weighted by Crippen LogP contribution is -2.46. The van der Waals surface area contributed by atoms with Crippen LogP contribution < -0.4 is 20.9 Å². The van der Waals surface area contributed by atoms with Crippen LogP contribution in [0.2, 0.25) is 0 Å². The van der Waals surface area contributed by atoms with Crippen molar-refractivity contribution in [3.63, 3.8) is 0 Å². The van der Waals surface area contributed by atoms with Gasteiger partial charge in [-0.05, 0) is 26.7 Å². The van der Waals surface area contributed by atoms with E-state index in [1.54, 1.807) is 18.7 Å². The summed E-state index contributed by atoms with van der Waals surface area (Å²) in [7, 11) is 1.81. The Labute approximate surface area is 165 Å². The molecule has 1 amide bonds. The van der Waals surface area contributed by atoms with E-state index < -0.39 is 17.5 Å². The zero-order chi connectivity index (χ0) is 20.9. The molecule has 4 rings (SSSR count). The van der Waals surface area contributed by atoms with E-state index in [1.807, 2.05) is 7.05 Å². The Kier molecular flexibility index (Phi) is 4.71. The van der Waals surface area contributed by atoms with Crippen LogP contribution in [-0.4, -0.2) is 41.0 Å². The third-order valence-electron chi connectivity index (χ3n) is 5.44. The first kappa shape index (κ1) is 19.3. The van der Waals surface area contributed by atoms with E-state index in [9.17, 15) is 18.0 Å². The van der Waals surface area contributed by atoms with Gasteiger partial charge in [-0.1, -0.05) is 0 Å². The molecule has 0 saturated heterocycles. The van der Waals surface area contributed by atoms with Crippen LogP contribution in [0.1, 0.15) is 25.5 Å². The molecule has 0 bridgehead atoms. The summed E-state index contributed by atoms with van der Waals surface area (Å²) in [4.78, 5) is 22.7. The van der Waals surface area contributed by atoms with Crippen molar-refractivity contribution in [1.82, 2.24) is 9.97 Å². The van der Waals surface area contributed by atoms with E-state index >= 15 is 0 Å². The molecule has 7 nitrogen and oxygen atoms in total. The van der Waals surface area contributed by atoms with E-state index in [1.165, 1.54) is 0 Å². The number of aryl methyl sites for hydroxylation is 1. The first-order chi connectivity index (χ1) is 13.7. The highest BCUT2D eigenvalue weighted by Gasteiger charge is 2.33. The molecule has 1 aromatic carbocycles. The molecule has 0 unspecified atom stereocenters. The number of halogens is 3. The van der Waals surface area contributed by atoms with Gasteiger partial charge in [-0.3, -0.25) is 4.79 Å². The van der Waals surface area contributed by atoms with E-state index in [-0.39, 0.29) is 29.7 Å². The van der Waals surface area contributed by atoms with Gasteiger partial charge in [0.25, 0.3) is 0 Å². The molecule has 2 heterocycles. The second kappa shape index (κ2) is 7.09. The normalized spacial score (nSPS) is 23.2. The SMILES string of the molecule is Cc1nc(N[C@H]2C[C@H](Nc3cc(F)c(F)c(F)c3)C2)nc2c1NC(=O)[C@H](C)N2C. The Hall–Kier alpha value is -3.04. The zero-order valence-corrected chi connectivity index (χ0v) is 16.2. The van der Waals surface area contributed by atoms with Crippen molar-refractivity contribution in [2.75, 3.05) is 27.9 Å². The van der Waals surface area contributed by atoms with Crippen molar-refractivity contribution >= 4 is 29.0 Å². The number of likely N-dealkylation sites (N-methyl/N-ethyl adjacent to an activating group) is 1. The van der Waals surface area contributed by atoms with Crippen molar-refractivity contribution in [2.24, 2.45) is 0 Å². The van der Waals surface area contributed by atoms with Gasteiger partial charge >= 0.3 is 0 Å². The second-order valence-corrected chi connectivity index (χ2v) is 7.52. The lowest BCUT2D eigenvalue weighted by molar-refractivity contribution is -0.117. The van der Waals surface area contributed by atoms with Crippen molar-refractivity contribution in [3.05, 3.63) is 35.3 Å². The molecule has 10 heteroatoms. The first-order valence-electron chi connectivity index (χ1n) is 9.33. The fourth-order valence-electron chi connectivity index (χ4n) is 3.52. The third kappa shape index (κ3) is 3.54. The van der Waals surface area contributed by atoms with Crippen LogP contribution in [-0.2, 0) is 4.79 Å². The highest BCUT2D eigenvalue weighted by molar-refractivity contribution is 6.03. The summed E-state index contributed by atoms with van der Waals surface area (Å²) in [6.45, 7) is 3.60. The van der Waals surface area contributed by atoms with E-state index in [0.717, 1.165) is 12.1 Å². The molecule has 154 valence electrons. The van der Waals surface area contributed by atoms with Gasteiger partial charge in [0.15, 0.2) is 23.3 Å². The van der Waals surface area contributed by atoms with Gasteiger partial charge in [0.2, 0.25) is 11.9 Å².